The molecule has 0 atom stereocenters. The number of anilines is 2. The summed E-state index contributed by atoms with van der Waals surface area (Å²) in [5.41, 5.74) is 2.03. The monoisotopic (exact) mass is 414 g/mol. The largest absolute Gasteiger partial charge is 0.370 e. The van der Waals surface area contributed by atoms with E-state index < -0.39 is 0 Å². The van der Waals surface area contributed by atoms with Gasteiger partial charge in [0.25, 0.3) is 0 Å². The molecule has 7 heteroatoms. The summed E-state index contributed by atoms with van der Waals surface area (Å²) in [4.78, 5) is 21.4. The molecule has 0 radical (unpaired) electrons. The maximum Gasteiger partial charge on any atom is 0.236 e. The normalized spacial score (nSPS) is 18.4. The van der Waals surface area contributed by atoms with Gasteiger partial charge in [-0.2, -0.15) is 0 Å². The number of carbonyl (C=O) groups is 1. The van der Waals surface area contributed by atoms with Gasteiger partial charge in [0, 0.05) is 63.7 Å². The van der Waals surface area contributed by atoms with Crippen LogP contribution in [0.25, 0.3) is 0 Å². The van der Waals surface area contributed by atoms with E-state index in [0.29, 0.717) is 19.6 Å². The Kier molecular flexibility index (Phi) is 6.47. The molecule has 2 aliphatic rings. The molecule has 0 aromatic heterocycles. The Bertz CT molecular complexity index is 835. The lowest BCUT2D eigenvalue weighted by atomic mass is 10.2. The third kappa shape index (κ3) is 5.08. The molecule has 0 bridgehead atoms. The van der Waals surface area contributed by atoms with Gasteiger partial charge in [0.2, 0.25) is 5.91 Å². The zero-order valence-corrected chi connectivity index (χ0v) is 17.1. The number of amides is 1. The first-order chi connectivity index (χ1) is 14.6. The lowest BCUT2D eigenvalue weighted by Crippen LogP contribution is -2.51. The zero-order chi connectivity index (χ0) is 20.9. The Balaban J connectivity index is 1.25. The van der Waals surface area contributed by atoms with Crippen LogP contribution in [0.3, 0.4) is 0 Å². The topological polar surface area (TPSA) is 30.0 Å². The molecule has 0 unspecified atom stereocenters. The van der Waals surface area contributed by atoms with Crippen LogP contribution in [0, 0.1) is 11.6 Å². The quantitative estimate of drug-likeness (QED) is 0.770. The highest BCUT2D eigenvalue weighted by atomic mass is 19.1. The Morgan fingerprint density at radius 3 is 1.73 bits per heavy atom. The second-order valence-corrected chi connectivity index (χ2v) is 7.94. The highest BCUT2D eigenvalue weighted by Gasteiger charge is 2.24. The number of benzene rings is 2. The highest BCUT2D eigenvalue weighted by Crippen LogP contribution is 2.19. The Morgan fingerprint density at radius 2 is 1.17 bits per heavy atom. The van der Waals surface area contributed by atoms with Crippen molar-refractivity contribution in [1.29, 1.82) is 0 Å². The molecule has 2 aromatic carbocycles. The van der Waals surface area contributed by atoms with Gasteiger partial charge in [0.15, 0.2) is 0 Å². The van der Waals surface area contributed by atoms with E-state index in [-0.39, 0.29) is 17.5 Å². The first kappa shape index (κ1) is 20.6. The molecule has 5 nitrogen and oxygen atoms in total. The molecule has 2 aromatic rings. The standard InChI is InChI=1S/C23H28F2N4O/c24-19-2-6-21(7-3-19)27-11-1-10-26(12-13-27)18-23(30)29-16-14-28(15-17-29)22-8-4-20(25)5-9-22/h2-9H,1,10-18H2. The van der Waals surface area contributed by atoms with Crippen molar-refractivity contribution in [2.24, 2.45) is 0 Å². The van der Waals surface area contributed by atoms with Gasteiger partial charge >= 0.3 is 0 Å². The maximum absolute atomic E-state index is 13.2. The van der Waals surface area contributed by atoms with Crippen molar-refractivity contribution in [1.82, 2.24) is 9.80 Å². The summed E-state index contributed by atoms with van der Waals surface area (Å²) in [6, 6.07) is 13.1. The van der Waals surface area contributed by atoms with Crippen molar-refractivity contribution < 1.29 is 13.6 Å². The van der Waals surface area contributed by atoms with Gasteiger partial charge < -0.3 is 14.7 Å². The van der Waals surface area contributed by atoms with Gasteiger partial charge in [-0.25, -0.2) is 8.78 Å². The number of rotatable bonds is 4. The molecular formula is C23H28F2N4O. The van der Waals surface area contributed by atoms with Crippen molar-refractivity contribution in [3.8, 4) is 0 Å². The molecule has 2 saturated heterocycles. The van der Waals surface area contributed by atoms with E-state index in [2.05, 4.69) is 14.7 Å². The van der Waals surface area contributed by atoms with Gasteiger partial charge in [-0.05, 0) is 55.0 Å². The predicted molar refractivity (Wildman–Crippen MR) is 115 cm³/mol. The smallest absolute Gasteiger partial charge is 0.236 e. The fourth-order valence-corrected chi connectivity index (χ4v) is 4.20. The number of hydrogen-bond donors (Lipinski definition) is 0. The minimum atomic E-state index is -0.233. The van der Waals surface area contributed by atoms with E-state index in [1.807, 2.05) is 17.0 Å². The van der Waals surface area contributed by atoms with E-state index in [4.69, 9.17) is 0 Å². The second-order valence-electron chi connectivity index (χ2n) is 7.94. The third-order valence-electron chi connectivity index (χ3n) is 5.96. The fraction of sp³-hybridized carbons (Fsp3) is 0.435. The zero-order valence-electron chi connectivity index (χ0n) is 17.1. The summed E-state index contributed by atoms with van der Waals surface area (Å²) in [5.74, 6) is -0.285. The molecule has 0 N–H and O–H groups in total. The summed E-state index contributed by atoms with van der Waals surface area (Å²) in [6.07, 6.45) is 0.975. The molecule has 30 heavy (non-hydrogen) atoms. The van der Waals surface area contributed by atoms with Crippen LogP contribution in [0.4, 0.5) is 20.2 Å². The van der Waals surface area contributed by atoms with E-state index in [9.17, 15) is 13.6 Å². The van der Waals surface area contributed by atoms with Crippen molar-refractivity contribution in [3.63, 3.8) is 0 Å². The van der Waals surface area contributed by atoms with Crippen LogP contribution in [0.5, 0.6) is 0 Å². The number of piperazine rings is 1. The number of hydrogen-bond acceptors (Lipinski definition) is 4. The Labute approximate surface area is 176 Å². The van der Waals surface area contributed by atoms with E-state index in [1.165, 1.54) is 24.3 Å². The molecule has 0 spiro atoms. The van der Waals surface area contributed by atoms with Gasteiger partial charge in [-0.3, -0.25) is 9.69 Å². The number of carbonyl (C=O) groups excluding carboxylic acids is 1. The SMILES string of the molecule is O=C(CN1CCCN(c2ccc(F)cc2)CC1)N1CCN(c2ccc(F)cc2)CC1. The van der Waals surface area contributed by atoms with Crippen molar-refractivity contribution in [2.45, 2.75) is 6.42 Å². The van der Waals surface area contributed by atoms with Crippen LogP contribution >= 0.6 is 0 Å². The van der Waals surface area contributed by atoms with Crippen LogP contribution < -0.4 is 9.80 Å². The van der Waals surface area contributed by atoms with Crippen LogP contribution in [-0.2, 0) is 4.79 Å². The van der Waals surface area contributed by atoms with Crippen LogP contribution in [0.2, 0.25) is 0 Å². The van der Waals surface area contributed by atoms with E-state index >= 15 is 0 Å². The maximum atomic E-state index is 13.2. The summed E-state index contributed by atoms with van der Waals surface area (Å²) < 4.78 is 26.3. The van der Waals surface area contributed by atoms with Crippen molar-refractivity contribution in [3.05, 3.63) is 60.2 Å². The summed E-state index contributed by atoms with van der Waals surface area (Å²) in [7, 11) is 0. The molecule has 0 saturated carbocycles. The number of halogens is 2. The Hall–Kier alpha value is -2.67. The average Bonchev–Trinajstić information content (AvgIpc) is 3.00. The lowest BCUT2D eigenvalue weighted by molar-refractivity contribution is -0.132. The number of nitrogens with zero attached hydrogens (tertiary/aromatic N) is 4. The third-order valence-corrected chi connectivity index (χ3v) is 5.96. The predicted octanol–water partition coefficient (Wildman–Crippen LogP) is 2.83. The molecule has 160 valence electrons. The minimum absolute atomic E-state index is 0.170. The molecule has 2 aliphatic heterocycles. The molecule has 4 rings (SSSR count). The van der Waals surface area contributed by atoms with Gasteiger partial charge in [0.05, 0.1) is 6.54 Å². The molecule has 0 aliphatic carbocycles. The van der Waals surface area contributed by atoms with E-state index in [0.717, 1.165) is 57.1 Å². The second kappa shape index (κ2) is 9.43. The molecule has 2 fully saturated rings. The Morgan fingerprint density at radius 1 is 0.667 bits per heavy atom. The average molecular weight is 415 g/mol. The molecule has 1 amide bonds. The highest BCUT2D eigenvalue weighted by molar-refractivity contribution is 5.78. The van der Waals surface area contributed by atoms with Gasteiger partial charge in [0.1, 0.15) is 11.6 Å². The van der Waals surface area contributed by atoms with Crippen LogP contribution in [0.1, 0.15) is 6.42 Å². The van der Waals surface area contributed by atoms with E-state index in [1.54, 1.807) is 12.1 Å². The van der Waals surface area contributed by atoms with Gasteiger partial charge in [-0.15, -0.1) is 0 Å². The summed E-state index contributed by atoms with van der Waals surface area (Å²) in [5, 5.41) is 0. The summed E-state index contributed by atoms with van der Waals surface area (Å²) in [6.45, 7) is 6.78. The first-order valence-corrected chi connectivity index (χ1v) is 10.6. The van der Waals surface area contributed by atoms with Crippen molar-refractivity contribution >= 4 is 17.3 Å². The molecular weight excluding hydrogens is 386 g/mol. The summed E-state index contributed by atoms with van der Waals surface area (Å²) >= 11 is 0. The minimum Gasteiger partial charge on any atom is -0.370 e. The fourth-order valence-electron chi connectivity index (χ4n) is 4.20. The molecule has 2 heterocycles. The van der Waals surface area contributed by atoms with Crippen LogP contribution in [0.15, 0.2) is 48.5 Å². The first-order valence-electron chi connectivity index (χ1n) is 10.6. The lowest BCUT2D eigenvalue weighted by Gasteiger charge is -2.37. The van der Waals surface area contributed by atoms with Crippen LogP contribution in [-0.4, -0.2) is 74.6 Å². The van der Waals surface area contributed by atoms with Crippen molar-refractivity contribution in [2.75, 3.05) is 68.7 Å². The van der Waals surface area contributed by atoms with Gasteiger partial charge in [-0.1, -0.05) is 0 Å².